The molecule has 1 aromatic rings. The highest BCUT2D eigenvalue weighted by Gasteiger charge is 2.13. The van der Waals surface area contributed by atoms with E-state index in [1.54, 1.807) is 0 Å². The highest BCUT2D eigenvalue weighted by Crippen LogP contribution is 2.23. The molecule has 0 radical (unpaired) electrons. The molecule has 0 aliphatic rings. The van der Waals surface area contributed by atoms with Crippen molar-refractivity contribution in [2.24, 2.45) is 0 Å². The van der Waals surface area contributed by atoms with Crippen LogP contribution in [0.25, 0.3) is 0 Å². The van der Waals surface area contributed by atoms with Crippen LogP contribution in [0.3, 0.4) is 0 Å². The predicted molar refractivity (Wildman–Crippen MR) is 78.6 cm³/mol. The minimum absolute atomic E-state index is 0.0156. The van der Waals surface area contributed by atoms with E-state index in [0.29, 0.717) is 0 Å². The Kier molecular flexibility index (Phi) is 5.66. The summed E-state index contributed by atoms with van der Waals surface area (Å²) in [6.45, 7) is 7.90. The smallest absolute Gasteiger partial charge is 0.238 e. The largest absolute Gasteiger partial charge is 0.491 e. The summed E-state index contributed by atoms with van der Waals surface area (Å²) >= 11 is 3.33. The quantitative estimate of drug-likeness (QED) is 0.837. The lowest BCUT2D eigenvalue weighted by atomic mass is 10.2. The minimum Gasteiger partial charge on any atom is -0.491 e. The molecule has 0 aromatic heterocycles. The first-order valence-corrected chi connectivity index (χ1v) is 7.07. The standard InChI is InChI=1S/C14H20BrNO2/c1-5-12(15)14(17)16-13-7-6-11(8-10(13)4)18-9(2)3/h6-9,12H,5H2,1-4H3,(H,16,17). The third-order valence-corrected chi connectivity index (χ3v) is 3.53. The van der Waals surface area contributed by atoms with E-state index < -0.39 is 0 Å². The number of nitrogens with one attached hydrogen (secondary N) is 1. The monoisotopic (exact) mass is 313 g/mol. The van der Waals surface area contributed by atoms with Crippen LogP contribution in [0.1, 0.15) is 32.8 Å². The van der Waals surface area contributed by atoms with E-state index in [0.717, 1.165) is 23.4 Å². The maximum Gasteiger partial charge on any atom is 0.238 e. The van der Waals surface area contributed by atoms with Crippen molar-refractivity contribution in [2.75, 3.05) is 5.32 Å². The molecule has 18 heavy (non-hydrogen) atoms. The highest BCUT2D eigenvalue weighted by molar-refractivity contribution is 9.10. The van der Waals surface area contributed by atoms with Gasteiger partial charge in [0.05, 0.1) is 10.9 Å². The topological polar surface area (TPSA) is 38.3 Å². The summed E-state index contributed by atoms with van der Waals surface area (Å²) in [7, 11) is 0. The molecule has 1 N–H and O–H groups in total. The number of hydrogen-bond donors (Lipinski definition) is 1. The van der Waals surface area contributed by atoms with E-state index in [1.165, 1.54) is 0 Å². The maximum absolute atomic E-state index is 11.8. The number of benzene rings is 1. The third-order valence-electron chi connectivity index (χ3n) is 2.47. The zero-order chi connectivity index (χ0) is 13.7. The van der Waals surface area contributed by atoms with Gasteiger partial charge < -0.3 is 10.1 Å². The molecule has 0 bridgehead atoms. The molecular weight excluding hydrogens is 294 g/mol. The summed E-state index contributed by atoms with van der Waals surface area (Å²) in [4.78, 5) is 11.6. The van der Waals surface area contributed by atoms with Gasteiger partial charge in [0.25, 0.3) is 0 Å². The zero-order valence-electron chi connectivity index (χ0n) is 11.3. The van der Waals surface area contributed by atoms with Gasteiger partial charge in [-0.25, -0.2) is 0 Å². The lowest BCUT2D eigenvalue weighted by Gasteiger charge is -2.14. The second-order valence-corrected chi connectivity index (χ2v) is 5.61. The van der Waals surface area contributed by atoms with E-state index in [9.17, 15) is 4.79 Å². The van der Waals surface area contributed by atoms with Crippen LogP contribution >= 0.6 is 15.9 Å². The van der Waals surface area contributed by atoms with Gasteiger partial charge in [0.1, 0.15) is 5.75 Å². The van der Waals surface area contributed by atoms with Crippen LogP contribution in [0, 0.1) is 6.92 Å². The Hall–Kier alpha value is -1.03. The van der Waals surface area contributed by atoms with Crippen molar-refractivity contribution in [1.82, 2.24) is 0 Å². The third kappa shape index (κ3) is 4.33. The molecule has 0 fully saturated rings. The Morgan fingerprint density at radius 3 is 2.61 bits per heavy atom. The first kappa shape index (κ1) is 15.0. The Labute approximate surface area is 117 Å². The summed E-state index contributed by atoms with van der Waals surface area (Å²) in [5.41, 5.74) is 1.83. The van der Waals surface area contributed by atoms with Crippen molar-refractivity contribution in [3.63, 3.8) is 0 Å². The number of halogens is 1. The fourth-order valence-electron chi connectivity index (χ4n) is 1.52. The van der Waals surface area contributed by atoms with Gasteiger partial charge in [-0.15, -0.1) is 0 Å². The average Bonchev–Trinajstić information content (AvgIpc) is 2.30. The van der Waals surface area contributed by atoms with E-state index in [1.807, 2.05) is 45.9 Å². The zero-order valence-corrected chi connectivity index (χ0v) is 12.9. The maximum atomic E-state index is 11.8. The highest BCUT2D eigenvalue weighted by atomic mass is 79.9. The number of carbonyl (C=O) groups excluding carboxylic acids is 1. The lowest BCUT2D eigenvalue weighted by molar-refractivity contribution is -0.115. The number of hydrogen-bond acceptors (Lipinski definition) is 2. The molecule has 0 spiro atoms. The van der Waals surface area contributed by atoms with Gasteiger partial charge in [0.2, 0.25) is 5.91 Å². The first-order chi connectivity index (χ1) is 8.43. The van der Waals surface area contributed by atoms with Gasteiger partial charge in [-0.1, -0.05) is 22.9 Å². The number of aryl methyl sites for hydroxylation is 1. The normalized spacial score (nSPS) is 12.3. The Morgan fingerprint density at radius 1 is 1.44 bits per heavy atom. The molecule has 4 heteroatoms. The number of amides is 1. The van der Waals surface area contributed by atoms with Crippen molar-refractivity contribution in [3.05, 3.63) is 23.8 Å². The number of alkyl halides is 1. The Bertz CT molecular complexity index is 418. The number of ether oxygens (including phenoxy) is 1. The molecule has 100 valence electrons. The SMILES string of the molecule is CCC(Br)C(=O)Nc1ccc(OC(C)C)cc1C. The van der Waals surface area contributed by atoms with Crippen LogP contribution in [0.4, 0.5) is 5.69 Å². The molecule has 1 aromatic carbocycles. The lowest BCUT2D eigenvalue weighted by Crippen LogP contribution is -2.22. The first-order valence-electron chi connectivity index (χ1n) is 6.16. The van der Waals surface area contributed by atoms with Crippen molar-refractivity contribution in [3.8, 4) is 5.75 Å². The molecule has 0 aliphatic carbocycles. The predicted octanol–water partition coefficient (Wildman–Crippen LogP) is 3.89. The van der Waals surface area contributed by atoms with E-state index in [2.05, 4.69) is 21.2 Å². The Morgan fingerprint density at radius 2 is 2.11 bits per heavy atom. The molecule has 1 rings (SSSR count). The molecule has 0 saturated carbocycles. The summed E-state index contributed by atoms with van der Waals surface area (Å²) < 4.78 is 5.60. The van der Waals surface area contributed by atoms with Crippen LogP contribution in [0.15, 0.2) is 18.2 Å². The number of anilines is 1. The summed E-state index contributed by atoms with van der Waals surface area (Å²) in [5.74, 6) is 0.810. The van der Waals surface area contributed by atoms with Gasteiger partial charge in [-0.05, 0) is 51.0 Å². The fraction of sp³-hybridized carbons (Fsp3) is 0.500. The van der Waals surface area contributed by atoms with Crippen LogP contribution in [0.2, 0.25) is 0 Å². The van der Waals surface area contributed by atoms with Gasteiger partial charge in [-0.2, -0.15) is 0 Å². The number of rotatable bonds is 5. The molecule has 0 aliphatic heterocycles. The van der Waals surface area contributed by atoms with Gasteiger partial charge in [-0.3, -0.25) is 4.79 Å². The molecule has 0 saturated heterocycles. The average molecular weight is 314 g/mol. The van der Waals surface area contributed by atoms with E-state index >= 15 is 0 Å². The Balaban J connectivity index is 2.76. The van der Waals surface area contributed by atoms with E-state index in [-0.39, 0.29) is 16.8 Å². The second kappa shape index (κ2) is 6.78. The van der Waals surface area contributed by atoms with Gasteiger partial charge >= 0.3 is 0 Å². The molecule has 1 unspecified atom stereocenters. The second-order valence-electron chi connectivity index (χ2n) is 4.51. The van der Waals surface area contributed by atoms with Crippen molar-refractivity contribution in [1.29, 1.82) is 0 Å². The number of carbonyl (C=O) groups is 1. The van der Waals surface area contributed by atoms with Crippen molar-refractivity contribution < 1.29 is 9.53 Å². The fourth-order valence-corrected chi connectivity index (χ4v) is 1.63. The van der Waals surface area contributed by atoms with Crippen LogP contribution in [-0.4, -0.2) is 16.8 Å². The van der Waals surface area contributed by atoms with Crippen LogP contribution in [0.5, 0.6) is 5.75 Å². The van der Waals surface area contributed by atoms with Crippen LogP contribution < -0.4 is 10.1 Å². The van der Waals surface area contributed by atoms with Crippen molar-refractivity contribution in [2.45, 2.75) is 45.0 Å². The van der Waals surface area contributed by atoms with Crippen LogP contribution in [-0.2, 0) is 4.79 Å². The molecule has 0 heterocycles. The van der Waals surface area contributed by atoms with E-state index in [4.69, 9.17) is 4.74 Å². The summed E-state index contributed by atoms with van der Waals surface area (Å²) in [6.07, 6.45) is 0.913. The molecular formula is C14H20BrNO2. The van der Waals surface area contributed by atoms with Gasteiger partial charge in [0, 0.05) is 5.69 Å². The van der Waals surface area contributed by atoms with Gasteiger partial charge in [0.15, 0.2) is 0 Å². The molecule has 3 nitrogen and oxygen atoms in total. The summed E-state index contributed by atoms with van der Waals surface area (Å²) in [5, 5.41) is 2.90. The molecule has 1 atom stereocenters. The molecule has 1 amide bonds. The summed E-state index contributed by atoms with van der Waals surface area (Å²) in [6, 6.07) is 5.68. The minimum atomic E-state index is -0.150. The van der Waals surface area contributed by atoms with Crippen molar-refractivity contribution >= 4 is 27.5 Å².